The highest BCUT2D eigenvalue weighted by Crippen LogP contribution is 2.09. The van der Waals surface area contributed by atoms with Gasteiger partial charge in [0.1, 0.15) is 0 Å². The van der Waals surface area contributed by atoms with Gasteiger partial charge in [-0.2, -0.15) is 0 Å². The molecule has 2 heteroatoms. The largest absolute Gasteiger partial charge is 0.324 e. The summed E-state index contributed by atoms with van der Waals surface area (Å²) < 4.78 is 2.11. The predicted octanol–water partition coefficient (Wildman–Crippen LogP) is 2.98. The van der Waals surface area contributed by atoms with E-state index in [1.807, 2.05) is 12.1 Å². The quantitative estimate of drug-likeness (QED) is 0.757. The summed E-state index contributed by atoms with van der Waals surface area (Å²) in [6.07, 6.45) is 5.30. The van der Waals surface area contributed by atoms with Crippen LogP contribution in [0.25, 0.3) is 5.69 Å². The van der Waals surface area contributed by atoms with Gasteiger partial charge in [0.05, 0.1) is 0 Å². The highest BCUT2D eigenvalue weighted by Gasteiger charge is 1.95. The third-order valence-corrected chi connectivity index (χ3v) is 2.59. The van der Waals surface area contributed by atoms with Gasteiger partial charge in [-0.25, -0.2) is 0 Å². The van der Waals surface area contributed by atoms with Crippen molar-refractivity contribution in [2.75, 3.05) is 6.54 Å². The number of rotatable bonds is 5. The van der Waals surface area contributed by atoms with E-state index in [2.05, 4.69) is 53.5 Å². The van der Waals surface area contributed by atoms with Gasteiger partial charge in [-0.05, 0) is 42.8 Å². The molecule has 0 aliphatic carbocycles. The fourth-order valence-electron chi connectivity index (χ4n) is 1.70. The second kappa shape index (κ2) is 5.52. The van der Waals surface area contributed by atoms with Crippen LogP contribution in [0.2, 0.25) is 0 Å². The molecule has 0 radical (unpaired) electrons. The summed E-state index contributed by atoms with van der Waals surface area (Å²) in [5, 5.41) is 3.40. The van der Waals surface area contributed by atoms with E-state index in [4.69, 9.17) is 0 Å². The van der Waals surface area contributed by atoms with Crippen molar-refractivity contribution in [1.29, 1.82) is 0 Å². The SMILES string of the molecule is CCCNCc1ccc(-n2cccc2)cc1. The van der Waals surface area contributed by atoms with Crippen molar-refractivity contribution in [2.45, 2.75) is 19.9 Å². The zero-order valence-corrected chi connectivity index (χ0v) is 9.69. The fraction of sp³-hybridized carbons (Fsp3) is 0.286. The Morgan fingerprint density at radius 2 is 1.75 bits per heavy atom. The van der Waals surface area contributed by atoms with Crippen LogP contribution in [0, 0.1) is 0 Å². The summed E-state index contributed by atoms with van der Waals surface area (Å²) in [4.78, 5) is 0. The zero-order valence-electron chi connectivity index (χ0n) is 9.69. The van der Waals surface area contributed by atoms with Crippen LogP contribution < -0.4 is 5.32 Å². The first-order valence-electron chi connectivity index (χ1n) is 5.83. The third-order valence-electron chi connectivity index (χ3n) is 2.59. The molecule has 0 aliphatic heterocycles. The maximum atomic E-state index is 3.40. The van der Waals surface area contributed by atoms with Crippen LogP contribution in [0.4, 0.5) is 0 Å². The number of nitrogens with zero attached hydrogens (tertiary/aromatic N) is 1. The van der Waals surface area contributed by atoms with Crippen molar-refractivity contribution in [3.8, 4) is 5.69 Å². The standard InChI is InChI=1S/C14H18N2/c1-2-9-15-12-13-5-7-14(8-6-13)16-10-3-4-11-16/h3-8,10-11,15H,2,9,12H2,1H3. The lowest BCUT2D eigenvalue weighted by Crippen LogP contribution is -2.13. The summed E-state index contributed by atoms with van der Waals surface area (Å²) in [6, 6.07) is 12.7. The Morgan fingerprint density at radius 1 is 1.06 bits per heavy atom. The topological polar surface area (TPSA) is 17.0 Å². The summed E-state index contributed by atoms with van der Waals surface area (Å²) >= 11 is 0. The summed E-state index contributed by atoms with van der Waals surface area (Å²) in [6.45, 7) is 4.22. The molecule has 2 nitrogen and oxygen atoms in total. The van der Waals surface area contributed by atoms with Gasteiger partial charge in [0.2, 0.25) is 0 Å². The maximum absolute atomic E-state index is 3.40. The highest BCUT2D eigenvalue weighted by molar-refractivity contribution is 5.35. The van der Waals surface area contributed by atoms with Gasteiger partial charge < -0.3 is 9.88 Å². The van der Waals surface area contributed by atoms with Crippen LogP contribution >= 0.6 is 0 Å². The van der Waals surface area contributed by atoms with E-state index in [0.29, 0.717) is 0 Å². The molecular weight excluding hydrogens is 196 g/mol. The Kier molecular flexibility index (Phi) is 3.78. The van der Waals surface area contributed by atoms with Crippen molar-refractivity contribution in [1.82, 2.24) is 9.88 Å². The Balaban J connectivity index is 2.00. The van der Waals surface area contributed by atoms with Gasteiger partial charge in [0, 0.05) is 24.6 Å². The first-order valence-corrected chi connectivity index (χ1v) is 5.83. The van der Waals surface area contributed by atoms with Gasteiger partial charge in [0.25, 0.3) is 0 Å². The van der Waals surface area contributed by atoms with E-state index in [1.54, 1.807) is 0 Å². The number of nitrogens with one attached hydrogen (secondary N) is 1. The zero-order chi connectivity index (χ0) is 11.2. The number of hydrogen-bond donors (Lipinski definition) is 1. The molecule has 0 fully saturated rings. The smallest absolute Gasteiger partial charge is 0.0449 e. The molecule has 84 valence electrons. The van der Waals surface area contributed by atoms with Crippen LogP contribution in [-0.4, -0.2) is 11.1 Å². The molecule has 1 heterocycles. The minimum atomic E-state index is 0.958. The van der Waals surface area contributed by atoms with E-state index in [1.165, 1.54) is 17.7 Å². The summed E-state index contributed by atoms with van der Waals surface area (Å²) in [5.41, 5.74) is 2.55. The lowest BCUT2D eigenvalue weighted by atomic mass is 10.2. The fourth-order valence-corrected chi connectivity index (χ4v) is 1.70. The predicted molar refractivity (Wildman–Crippen MR) is 67.8 cm³/mol. The van der Waals surface area contributed by atoms with Crippen LogP contribution in [0.3, 0.4) is 0 Å². The van der Waals surface area contributed by atoms with Gasteiger partial charge in [-0.3, -0.25) is 0 Å². The molecule has 1 N–H and O–H groups in total. The molecule has 2 aromatic rings. The average Bonchev–Trinajstić information content (AvgIpc) is 2.84. The molecule has 1 aromatic heterocycles. The van der Waals surface area contributed by atoms with Crippen LogP contribution in [0.15, 0.2) is 48.8 Å². The van der Waals surface area contributed by atoms with Gasteiger partial charge in [-0.15, -0.1) is 0 Å². The number of aromatic nitrogens is 1. The summed E-state index contributed by atoms with van der Waals surface area (Å²) in [7, 11) is 0. The van der Waals surface area contributed by atoms with E-state index in [9.17, 15) is 0 Å². The molecule has 0 amide bonds. The van der Waals surface area contributed by atoms with Crippen molar-refractivity contribution in [3.05, 3.63) is 54.4 Å². The third kappa shape index (κ3) is 2.74. The van der Waals surface area contributed by atoms with Crippen molar-refractivity contribution in [3.63, 3.8) is 0 Å². The molecule has 0 aliphatic rings. The maximum Gasteiger partial charge on any atom is 0.0449 e. The monoisotopic (exact) mass is 214 g/mol. The second-order valence-corrected chi connectivity index (χ2v) is 3.93. The van der Waals surface area contributed by atoms with Crippen LogP contribution in [-0.2, 0) is 6.54 Å². The van der Waals surface area contributed by atoms with Crippen molar-refractivity contribution >= 4 is 0 Å². The molecule has 0 saturated carbocycles. The molecule has 16 heavy (non-hydrogen) atoms. The van der Waals surface area contributed by atoms with Crippen LogP contribution in [0.5, 0.6) is 0 Å². The molecule has 0 saturated heterocycles. The number of hydrogen-bond acceptors (Lipinski definition) is 1. The van der Waals surface area contributed by atoms with Crippen LogP contribution in [0.1, 0.15) is 18.9 Å². The molecular formula is C14H18N2. The Morgan fingerprint density at radius 3 is 2.38 bits per heavy atom. The van der Waals surface area contributed by atoms with Crippen molar-refractivity contribution < 1.29 is 0 Å². The molecule has 1 aromatic carbocycles. The van der Waals surface area contributed by atoms with Gasteiger partial charge in [0.15, 0.2) is 0 Å². The lowest BCUT2D eigenvalue weighted by molar-refractivity contribution is 0.675. The average molecular weight is 214 g/mol. The molecule has 2 rings (SSSR count). The minimum absolute atomic E-state index is 0.958. The minimum Gasteiger partial charge on any atom is -0.324 e. The lowest BCUT2D eigenvalue weighted by Gasteiger charge is -2.06. The van der Waals surface area contributed by atoms with Gasteiger partial charge >= 0.3 is 0 Å². The van der Waals surface area contributed by atoms with E-state index in [-0.39, 0.29) is 0 Å². The molecule has 0 bridgehead atoms. The second-order valence-electron chi connectivity index (χ2n) is 3.93. The Hall–Kier alpha value is -1.54. The highest BCUT2D eigenvalue weighted by atomic mass is 14.9. The van der Waals surface area contributed by atoms with E-state index < -0.39 is 0 Å². The van der Waals surface area contributed by atoms with E-state index in [0.717, 1.165) is 13.1 Å². The first-order chi connectivity index (χ1) is 7.90. The molecule has 0 atom stereocenters. The Bertz CT molecular complexity index is 401. The molecule has 0 spiro atoms. The summed E-state index contributed by atoms with van der Waals surface area (Å²) in [5.74, 6) is 0. The van der Waals surface area contributed by atoms with E-state index >= 15 is 0 Å². The first kappa shape index (κ1) is 11.0. The van der Waals surface area contributed by atoms with Gasteiger partial charge in [-0.1, -0.05) is 19.1 Å². The number of benzene rings is 1. The Labute approximate surface area is 96.9 Å². The van der Waals surface area contributed by atoms with Crippen molar-refractivity contribution in [2.24, 2.45) is 0 Å². The molecule has 0 unspecified atom stereocenters. The normalized spacial score (nSPS) is 10.6.